The first-order valence-corrected chi connectivity index (χ1v) is 5.50. The molecule has 0 heterocycles. The van der Waals surface area contributed by atoms with E-state index in [0.717, 1.165) is 12.0 Å². The summed E-state index contributed by atoms with van der Waals surface area (Å²) in [7, 11) is 0. The van der Waals surface area contributed by atoms with Crippen molar-refractivity contribution in [2.24, 2.45) is 5.41 Å². The molecule has 1 aliphatic rings. The fourth-order valence-electron chi connectivity index (χ4n) is 2.07. The predicted octanol–water partition coefficient (Wildman–Crippen LogP) is 2.88. The number of benzene rings is 1. The van der Waals surface area contributed by atoms with Crippen molar-refractivity contribution in [1.82, 2.24) is 0 Å². The molecule has 1 aromatic carbocycles. The summed E-state index contributed by atoms with van der Waals surface area (Å²) in [6, 6.07) is 6.34. The van der Waals surface area contributed by atoms with E-state index in [-0.39, 0.29) is 17.7 Å². The van der Waals surface area contributed by atoms with Crippen LogP contribution in [0.15, 0.2) is 24.3 Å². The van der Waals surface area contributed by atoms with E-state index >= 15 is 0 Å². The molecule has 2 nitrogen and oxygen atoms in total. The fraction of sp³-hybridized carbons (Fsp3) is 0.462. The van der Waals surface area contributed by atoms with Crippen LogP contribution < -0.4 is 0 Å². The van der Waals surface area contributed by atoms with Gasteiger partial charge in [-0.3, -0.25) is 4.79 Å². The van der Waals surface area contributed by atoms with Crippen LogP contribution in [0.4, 0.5) is 4.39 Å². The molecule has 1 fully saturated rings. The van der Waals surface area contributed by atoms with Crippen molar-refractivity contribution in [3.05, 3.63) is 35.6 Å². The molecule has 0 bridgehead atoms. The van der Waals surface area contributed by atoms with Gasteiger partial charge in [0.1, 0.15) is 5.82 Å². The van der Waals surface area contributed by atoms with E-state index in [4.69, 9.17) is 4.74 Å². The number of halogens is 1. The van der Waals surface area contributed by atoms with Gasteiger partial charge in [0.2, 0.25) is 0 Å². The normalized spacial score (nSPS) is 27.6. The Morgan fingerprint density at radius 2 is 2.12 bits per heavy atom. The van der Waals surface area contributed by atoms with Crippen LogP contribution in [0.1, 0.15) is 31.7 Å². The average molecular weight is 222 g/mol. The third-order valence-electron chi connectivity index (χ3n) is 3.25. The summed E-state index contributed by atoms with van der Waals surface area (Å²) in [5.41, 5.74) is 0.602. The van der Waals surface area contributed by atoms with E-state index < -0.39 is 5.41 Å². The molecule has 0 aliphatic heterocycles. The summed E-state index contributed by atoms with van der Waals surface area (Å²) in [5, 5.41) is 0. The van der Waals surface area contributed by atoms with Gasteiger partial charge in [-0.1, -0.05) is 12.1 Å². The van der Waals surface area contributed by atoms with Crippen LogP contribution in [0.3, 0.4) is 0 Å². The Morgan fingerprint density at radius 1 is 1.50 bits per heavy atom. The third-order valence-corrected chi connectivity index (χ3v) is 3.25. The molecular formula is C13H15FO2. The zero-order chi connectivity index (χ0) is 11.8. The molecule has 1 aliphatic carbocycles. The molecule has 0 radical (unpaired) electrons. The Morgan fingerprint density at radius 3 is 2.69 bits per heavy atom. The topological polar surface area (TPSA) is 26.3 Å². The van der Waals surface area contributed by atoms with Crippen molar-refractivity contribution in [3.8, 4) is 0 Å². The summed E-state index contributed by atoms with van der Waals surface area (Å²) in [6.45, 7) is 4.11. The smallest absolute Gasteiger partial charge is 0.312 e. The van der Waals surface area contributed by atoms with E-state index in [9.17, 15) is 9.18 Å². The maximum atomic E-state index is 12.8. The molecule has 0 aromatic heterocycles. The first kappa shape index (κ1) is 11.1. The van der Waals surface area contributed by atoms with Gasteiger partial charge in [0.15, 0.2) is 0 Å². The maximum absolute atomic E-state index is 12.8. The average Bonchev–Trinajstić information content (AvgIpc) is 2.94. The molecule has 0 amide bonds. The number of esters is 1. The van der Waals surface area contributed by atoms with Gasteiger partial charge in [-0.15, -0.1) is 0 Å². The van der Waals surface area contributed by atoms with Gasteiger partial charge in [0.05, 0.1) is 12.0 Å². The Labute approximate surface area is 94.4 Å². The second-order valence-electron chi connectivity index (χ2n) is 4.45. The summed E-state index contributed by atoms with van der Waals surface area (Å²) in [4.78, 5) is 11.7. The quantitative estimate of drug-likeness (QED) is 0.735. The standard InChI is InChI=1S/C13H15FO2/c1-3-16-12(15)13(2)8-11(13)9-4-6-10(14)7-5-9/h4-7,11H,3,8H2,1-2H3. The monoisotopic (exact) mass is 222 g/mol. The number of rotatable bonds is 3. The van der Waals surface area contributed by atoms with Crippen LogP contribution in [0.2, 0.25) is 0 Å². The highest BCUT2D eigenvalue weighted by molar-refractivity contribution is 5.81. The summed E-state index contributed by atoms with van der Waals surface area (Å²) >= 11 is 0. The molecule has 1 aromatic rings. The highest BCUT2D eigenvalue weighted by Gasteiger charge is 2.57. The predicted molar refractivity (Wildman–Crippen MR) is 58.5 cm³/mol. The fourth-order valence-corrected chi connectivity index (χ4v) is 2.07. The molecule has 1 saturated carbocycles. The number of hydrogen-bond acceptors (Lipinski definition) is 2. The second-order valence-corrected chi connectivity index (χ2v) is 4.45. The highest BCUT2D eigenvalue weighted by Crippen LogP contribution is 2.59. The Balaban J connectivity index is 2.10. The van der Waals surface area contributed by atoms with Crippen LogP contribution in [0.5, 0.6) is 0 Å². The van der Waals surface area contributed by atoms with Gasteiger partial charge in [-0.05, 0) is 38.0 Å². The molecule has 0 spiro atoms. The minimum atomic E-state index is -0.409. The third kappa shape index (κ3) is 1.82. The van der Waals surface area contributed by atoms with Gasteiger partial charge in [-0.25, -0.2) is 4.39 Å². The van der Waals surface area contributed by atoms with Crippen LogP contribution in [-0.2, 0) is 9.53 Å². The molecule has 0 N–H and O–H groups in total. The molecule has 2 unspecified atom stereocenters. The SMILES string of the molecule is CCOC(=O)C1(C)CC1c1ccc(F)cc1. The van der Waals surface area contributed by atoms with Gasteiger partial charge >= 0.3 is 5.97 Å². The van der Waals surface area contributed by atoms with E-state index in [0.29, 0.717) is 6.61 Å². The van der Waals surface area contributed by atoms with Crippen LogP contribution >= 0.6 is 0 Å². The Kier molecular flexibility index (Phi) is 2.70. The Bertz CT molecular complexity index is 399. The van der Waals surface area contributed by atoms with E-state index in [1.54, 1.807) is 19.1 Å². The van der Waals surface area contributed by atoms with Crippen LogP contribution in [0, 0.1) is 11.2 Å². The van der Waals surface area contributed by atoms with Gasteiger partial charge in [0, 0.05) is 5.92 Å². The molecule has 16 heavy (non-hydrogen) atoms. The van der Waals surface area contributed by atoms with Crippen molar-refractivity contribution in [1.29, 1.82) is 0 Å². The zero-order valence-corrected chi connectivity index (χ0v) is 9.50. The lowest BCUT2D eigenvalue weighted by atomic mass is 10.0. The van der Waals surface area contributed by atoms with E-state index in [1.165, 1.54) is 12.1 Å². The first-order valence-electron chi connectivity index (χ1n) is 5.50. The summed E-state index contributed by atoms with van der Waals surface area (Å²) in [6.07, 6.45) is 0.789. The second kappa shape index (κ2) is 3.89. The molecule has 3 heteroatoms. The number of hydrogen-bond donors (Lipinski definition) is 0. The number of carbonyl (C=O) groups excluding carboxylic acids is 1. The zero-order valence-electron chi connectivity index (χ0n) is 9.50. The highest BCUT2D eigenvalue weighted by atomic mass is 19.1. The van der Waals surface area contributed by atoms with Crippen LogP contribution in [-0.4, -0.2) is 12.6 Å². The minimum absolute atomic E-state index is 0.149. The van der Waals surface area contributed by atoms with Crippen molar-refractivity contribution < 1.29 is 13.9 Å². The van der Waals surface area contributed by atoms with E-state index in [2.05, 4.69) is 0 Å². The number of carbonyl (C=O) groups is 1. The lowest BCUT2D eigenvalue weighted by Gasteiger charge is -2.10. The lowest BCUT2D eigenvalue weighted by molar-refractivity contribution is -0.149. The molecule has 86 valence electrons. The Hall–Kier alpha value is -1.38. The van der Waals surface area contributed by atoms with Gasteiger partial charge in [0.25, 0.3) is 0 Å². The minimum Gasteiger partial charge on any atom is -0.466 e. The molecule has 0 saturated heterocycles. The maximum Gasteiger partial charge on any atom is 0.312 e. The van der Waals surface area contributed by atoms with Crippen molar-refractivity contribution in [2.45, 2.75) is 26.2 Å². The van der Waals surface area contributed by atoms with Crippen LogP contribution in [0.25, 0.3) is 0 Å². The van der Waals surface area contributed by atoms with Crippen molar-refractivity contribution >= 4 is 5.97 Å². The van der Waals surface area contributed by atoms with Crippen molar-refractivity contribution in [2.75, 3.05) is 6.61 Å². The van der Waals surface area contributed by atoms with Crippen molar-refractivity contribution in [3.63, 3.8) is 0 Å². The summed E-state index contributed by atoms with van der Waals surface area (Å²) < 4.78 is 17.8. The van der Waals surface area contributed by atoms with E-state index in [1.807, 2.05) is 6.92 Å². The largest absolute Gasteiger partial charge is 0.466 e. The lowest BCUT2D eigenvalue weighted by Crippen LogP contribution is -2.17. The molecule has 2 rings (SSSR count). The van der Waals surface area contributed by atoms with Gasteiger partial charge in [-0.2, -0.15) is 0 Å². The first-order chi connectivity index (χ1) is 7.58. The number of ether oxygens (including phenoxy) is 1. The van der Waals surface area contributed by atoms with Gasteiger partial charge < -0.3 is 4.74 Å². The molecule has 2 atom stereocenters. The summed E-state index contributed by atoms with van der Waals surface area (Å²) in [5.74, 6) is -0.223. The molecular weight excluding hydrogens is 207 g/mol.